The molecule has 4 unspecified atom stereocenters. The van der Waals surface area contributed by atoms with E-state index in [4.69, 9.17) is 0 Å². The maximum Gasteiger partial charge on any atom is 0.393 e. The number of likely N-dealkylation sites (tertiary alicyclic amines) is 1. The van der Waals surface area contributed by atoms with E-state index in [2.05, 4.69) is 24.1 Å². The lowest BCUT2D eigenvalue weighted by Gasteiger charge is -2.46. The first-order chi connectivity index (χ1) is 9.95. The molecule has 0 amide bonds. The Morgan fingerprint density at radius 3 is 2.52 bits per heavy atom. The first-order valence-electron chi connectivity index (χ1n) is 8.49. The predicted octanol–water partition coefficient (Wildman–Crippen LogP) is 3.82. The summed E-state index contributed by atoms with van der Waals surface area (Å²) in [5.41, 5.74) is 0. The number of hydrogen-bond donors (Lipinski definition) is 1. The van der Waals surface area contributed by atoms with E-state index < -0.39 is 12.1 Å². The Morgan fingerprint density at radius 1 is 1.14 bits per heavy atom. The molecule has 2 rings (SSSR count). The molecular weight excluding hydrogens is 277 g/mol. The van der Waals surface area contributed by atoms with Crippen LogP contribution in [0, 0.1) is 11.8 Å². The van der Waals surface area contributed by atoms with Crippen LogP contribution < -0.4 is 5.32 Å². The maximum atomic E-state index is 13.0. The number of halogens is 3. The van der Waals surface area contributed by atoms with Crippen molar-refractivity contribution in [3.63, 3.8) is 0 Å². The van der Waals surface area contributed by atoms with Gasteiger partial charge in [-0.25, -0.2) is 0 Å². The molecule has 124 valence electrons. The summed E-state index contributed by atoms with van der Waals surface area (Å²) in [5.74, 6) is -0.452. The van der Waals surface area contributed by atoms with Gasteiger partial charge in [0.25, 0.3) is 0 Å². The second-order valence-corrected chi connectivity index (χ2v) is 6.69. The van der Waals surface area contributed by atoms with Crippen molar-refractivity contribution in [2.24, 2.45) is 11.8 Å². The van der Waals surface area contributed by atoms with E-state index in [1.54, 1.807) is 0 Å². The molecule has 0 spiro atoms. The first-order valence-corrected chi connectivity index (χ1v) is 8.49. The van der Waals surface area contributed by atoms with E-state index >= 15 is 0 Å². The lowest BCUT2D eigenvalue weighted by molar-refractivity contribution is -0.189. The molecule has 2 aliphatic rings. The quantitative estimate of drug-likeness (QED) is 0.849. The van der Waals surface area contributed by atoms with Gasteiger partial charge in [-0.3, -0.25) is 4.90 Å². The molecule has 0 aromatic heterocycles. The molecule has 4 atom stereocenters. The van der Waals surface area contributed by atoms with Crippen LogP contribution in [-0.2, 0) is 0 Å². The molecule has 0 aromatic carbocycles. The van der Waals surface area contributed by atoms with Gasteiger partial charge >= 0.3 is 6.18 Å². The van der Waals surface area contributed by atoms with Gasteiger partial charge in [-0.1, -0.05) is 20.3 Å². The summed E-state index contributed by atoms with van der Waals surface area (Å²) in [6.45, 7) is 6.21. The highest BCUT2D eigenvalue weighted by molar-refractivity contribution is 4.93. The van der Waals surface area contributed by atoms with E-state index in [0.29, 0.717) is 24.8 Å². The van der Waals surface area contributed by atoms with Crippen molar-refractivity contribution in [3.05, 3.63) is 0 Å². The molecule has 1 saturated carbocycles. The first kappa shape index (κ1) is 17.1. The number of piperidine rings is 1. The van der Waals surface area contributed by atoms with Gasteiger partial charge in [-0.05, 0) is 51.1 Å². The molecule has 21 heavy (non-hydrogen) atoms. The lowest BCUT2D eigenvalue weighted by atomic mass is 9.79. The summed E-state index contributed by atoms with van der Waals surface area (Å²) >= 11 is 0. The molecule has 2 nitrogen and oxygen atoms in total. The lowest BCUT2D eigenvalue weighted by Crippen LogP contribution is -2.56. The summed E-state index contributed by atoms with van der Waals surface area (Å²) in [4.78, 5) is 2.14. The minimum Gasteiger partial charge on any atom is -0.313 e. The molecule has 1 aliphatic heterocycles. The SMILES string of the molecule is CCNC1CCC(CC)CC1N1CCCC(C(F)(F)F)C1. The zero-order chi connectivity index (χ0) is 15.5. The molecule has 0 bridgehead atoms. The van der Waals surface area contributed by atoms with Crippen LogP contribution in [0.25, 0.3) is 0 Å². The van der Waals surface area contributed by atoms with Gasteiger partial charge in [0.05, 0.1) is 5.92 Å². The largest absolute Gasteiger partial charge is 0.393 e. The number of likely N-dealkylation sites (N-methyl/N-ethyl adjacent to an activating group) is 1. The molecule has 1 N–H and O–H groups in total. The van der Waals surface area contributed by atoms with Crippen LogP contribution >= 0.6 is 0 Å². The molecule has 1 heterocycles. The number of nitrogens with one attached hydrogen (secondary N) is 1. The normalized spacial score (nSPS) is 35.9. The van der Waals surface area contributed by atoms with Crippen molar-refractivity contribution >= 4 is 0 Å². The molecule has 0 radical (unpaired) electrons. The van der Waals surface area contributed by atoms with Gasteiger partial charge in [-0.15, -0.1) is 0 Å². The third-order valence-corrected chi connectivity index (χ3v) is 5.35. The van der Waals surface area contributed by atoms with Crippen molar-refractivity contribution < 1.29 is 13.2 Å². The average molecular weight is 306 g/mol. The van der Waals surface area contributed by atoms with E-state index in [9.17, 15) is 13.2 Å². The molecule has 0 aromatic rings. The van der Waals surface area contributed by atoms with Crippen LogP contribution in [0.5, 0.6) is 0 Å². The van der Waals surface area contributed by atoms with Crippen molar-refractivity contribution in [1.82, 2.24) is 10.2 Å². The van der Waals surface area contributed by atoms with Gasteiger partial charge in [-0.2, -0.15) is 13.2 Å². The topological polar surface area (TPSA) is 15.3 Å². The van der Waals surface area contributed by atoms with E-state index in [0.717, 1.165) is 32.4 Å². The Morgan fingerprint density at radius 2 is 1.90 bits per heavy atom. The Kier molecular flexibility index (Phi) is 5.95. The Bertz CT molecular complexity index is 319. The third kappa shape index (κ3) is 4.35. The minimum atomic E-state index is -4.04. The van der Waals surface area contributed by atoms with E-state index in [1.165, 1.54) is 6.42 Å². The zero-order valence-electron chi connectivity index (χ0n) is 13.3. The van der Waals surface area contributed by atoms with E-state index in [-0.39, 0.29) is 12.6 Å². The smallest absolute Gasteiger partial charge is 0.313 e. The molecular formula is C16H29F3N2. The van der Waals surface area contributed by atoms with E-state index in [1.807, 2.05) is 0 Å². The van der Waals surface area contributed by atoms with Crippen LogP contribution in [0.1, 0.15) is 52.4 Å². The summed E-state index contributed by atoms with van der Waals surface area (Å²) in [6, 6.07) is 0.651. The Hall–Kier alpha value is -0.290. The van der Waals surface area contributed by atoms with Gasteiger partial charge < -0.3 is 5.32 Å². The molecule has 1 saturated heterocycles. The highest BCUT2D eigenvalue weighted by Gasteiger charge is 2.44. The maximum absolute atomic E-state index is 13.0. The fraction of sp³-hybridized carbons (Fsp3) is 1.00. The molecule has 5 heteroatoms. The van der Waals surface area contributed by atoms with Gasteiger partial charge in [0.1, 0.15) is 0 Å². The third-order valence-electron chi connectivity index (χ3n) is 5.35. The van der Waals surface area contributed by atoms with Crippen LogP contribution in [0.4, 0.5) is 13.2 Å². The van der Waals surface area contributed by atoms with Crippen LogP contribution in [-0.4, -0.2) is 42.8 Å². The minimum absolute atomic E-state index is 0.201. The van der Waals surface area contributed by atoms with Crippen molar-refractivity contribution in [3.8, 4) is 0 Å². The Labute approximate surface area is 126 Å². The monoisotopic (exact) mass is 306 g/mol. The second kappa shape index (κ2) is 7.32. The molecule has 2 fully saturated rings. The number of hydrogen-bond acceptors (Lipinski definition) is 2. The van der Waals surface area contributed by atoms with Crippen molar-refractivity contribution in [2.75, 3.05) is 19.6 Å². The second-order valence-electron chi connectivity index (χ2n) is 6.69. The fourth-order valence-corrected chi connectivity index (χ4v) is 4.08. The number of nitrogens with zero attached hydrogens (tertiary/aromatic N) is 1. The standard InChI is InChI=1S/C16H29F3N2/c1-3-12-7-8-14(20-4-2)15(10-12)21-9-5-6-13(11-21)16(17,18)19/h12-15,20H,3-11H2,1-2H3. The van der Waals surface area contributed by atoms with Crippen LogP contribution in [0.3, 0.4) is 0 Å². The summed E-state index contributed by atoms with van der Waals surface area (Å²) in [6.07, 6.45) is 1.45. The summed E-state index contributed by atoms with van der Waals surface area (Å²) < 4.78 is 39.1. The average Bonchev–Trinajstić information content (AvgIpc) is 2.47. The number of rotatable bonds is 4. The van der Waals surface area contributed by atoms with Crippen molar-refractivity contribution in [2.45, 2.75) is 70.6 Å². The van der Waals surface area contributed by atoms with Gasteiger partial charge in [0, 0.05) is 18.6 Å². The zero-order valence-corrected chi connectivity index (χ0v) is 13.3. The summed E-state index contributed by atoms with van der Waals surface area (Å²) in [7, 11) is 0. The van der Waals surface area contributed by atoms with Gasteiger partial charge in [0.2, 0.25) is 0 Å². The number of alkyl halides is 3. The van der Waals surface area contributed by atoms with Gasteiger partial charge in [0.15, 0.2) is 0 Å². The molecule has 1 aliphatic carbocycles. The Balaban J connectivity index is 2.04. The predicted molar refractivity (Wildman–Crippen MR) is 79.2 cm³/mol. The fourth-order valence-electron chi connectivity index (χ4n) is 4.08. The van der Waals surface area contributed by atoms with Crippen molar-refractivity contribution in [1.29, 1.82) is 0 Å². The summed E-state index contributed by atoms with van der Waals surface area (Å²) in [5, 5.41) is 3.51. The highest BCUT2D eigenvalue weighted by atomic mass is 19.4. The van der Waals surface area contributed by atoms with Crippen LogP contribution in [0.15, 0.2) is 0 Å². The van der Waals surface area contributed by atoms with Crippen LogP contribution in [0.2, 0.25) is 0 Å². The highest BCUT2D eigenvalue weighted by Crippen LogP contribution is 2.37.